The van der Waals surface area contributed by atoms with Crippen LogP contribution < -0.4 is 10.5 Å². The van der Waals surface area contributed by atoms with Crippen LogP contribution in [0.4, 0.5) is 0 Å². The van der Waals surface area contributed by atoms with E-state index in [1.54, 1.807) is 0 Å². The molecule has 0 bridgehead atoms. The summed E-state index contributed by atoms with van der Waals surface area (Å²) in [5, 5.41) is 17.0. The van der Waals surface area contributed by atoms with Crippen LogP contribution in [0.25, 0.3) is 0 Å². The average molecular weight is 535 g/mol. The molecule has 2 unspecified atom stereocenters. The van der Waals surface area contributed by atoms with Crippen molar-refractivity contribution in [2.24, 2.45) is 0 Å². The van der Waals surface area contributed by atoms with Crippen LogP contribution >= 0.6 is 0 Å². The summed E-state index contributed by atoms with van der Waals surface area (Å²) >= 11 is -3.26. The first kappa shape index (κ1) is 56.8. The van der Waals surface area contributed by atoms with Gasteiger partial charge in [-0.3, -0.25) is 17.5 Å². The predicted molar refractivity (Wildman–Crippen MR) is 79.4 cm³/mol. The van der Waals surface area contributed by atoms with E-state index < -0.39 is 43.5 Å². The fourth-order valence-corrected chi connectivity index (χ4v) is 0. The van der Waals surface area contributed by atoms with Crippen molar-refractivity contribution in [1.82, 2.24) is 0 Å². The van der Waals surface area contributed by atoms with Gasteiger partial charge in [-0.2, -0.15) is 8.42 Å². The average Bonchev–Trinajstić information content (AvgIpc) is 2.28. The van der Waals surface area contributed by atoms with Crippen LogP contribution in [0.1, 0.15) is 14.9 Å². The first-order valence-corrected chi connectivity index (χ1v) is 24.4. The molecule has 0 aromatic rings. The Balaban J connectivity index is -0.0000000195. The summed E-state index contributed by atoms with van der Waals surface area (Å²) in [5.74, 6) is 0. The van der Waals surface area contributed by atoms with Gasteiger partial charge in [0, 0.05) is 10.4 Å². The van der Waals surface area contributed by atoms with Crippen molar-refractivity contribution >= 4 is 107 Å². The van der Waals surface area contributed by atoms with E-state index in [9.17, 15) is 0 Å². The summed E-state index contributed by atoms with van der Waals surface area (Å²) in [7, 11) is -9.83. The van der Waals surface area contributed by atoms with Gasteiger partial charge in [-0.25, -0.2) is 8.42 Å². The first-order valence-electron chi connectivity index (χ1n) is 3.70. The standard InChI is InChI=1S/2CH4.2K.4H2O4S.2H2O/c;;;;2*1-5(2,3)4;2*1-4-5(2)3;;/h2*1H4;;;2*(H2,1,2,3,4);2*1H,(H,2,3);2*1H2/p-4. The Hall–Kier alpha value is 2.99. The topological polar surface area (TPSA) is 366 Å². The molecule has 0 aliphatic carbocycles. The maximum Gasteiger partial charge on any atom is -0.457 e. The van der Waals surface area contributed by atoms with Crippen LogP contribution in [0, 0.1) is 0 Å². The van der Waals surface area contributed by atoms with Crippen molar-refractivity contribution in [3.63, 3.8) is 0 Å². The van der Waals surface area contributed by atoms with Crippen LogP contribution in [-0.4, -0.2) is 116 Å². The van der Waals surface area contributed by atoms with Crippen LogP contribution in [0.2, 0.25) is 0 Å². The van der Waals surface area contributed by atoms with Crippen molar-refractivity contribution in [1.29, 1.82) is 0 Å². The smallest absolute Gasteiger partial charge is 0.457 e. The van der Waals surface area contributed by atoms with E-state index in [1.165, 1.54) is 63.2 Å². The first-order chi connectivity index (χ1) is 9.54. The molecule has 8 N–H and O–H groups in total. The minimum Gasteiger partial charge on any atom is -0.457 e. The molecule has 2 atom stereocenters. The van der Waals surface area contributed by atoms with Gasteiger partial charge < -0.3 is 48.3 Å². The van der Waals surface area contributed by atoms with Gasteiger partial charge in [-0.1, -0.05) is 14.9 Å². The molecule has 0 aliphatic rings. The van der Waals surface area contributed by atoms with Gasteiger partial charge in [0.05, 0.1) is 22.7 Å². The molecule has 24 heteroatoms. The minimum absolute atomic E-state index is 0. The molecule has 0 saturated carbocycles. The second-order valence-electron chi connectivity index (χ2n) is 1.40. The zero-order valence-electron chi connectivity index (χ0n) is 11.4. The molecular formula is C2H16K2O18S4-4. The maximum absolute atomic E-state index is 8.83. The second-order valence-corrected chi connectivity index (χ2v) is 4.20. The van der Waals surface area contributed by atoms with E-state index in [0.29, 0.717) is 0 Å². The molecule has 0 aromatic carbocycles. The summed E-state index contributed by atoms with van der Waals surface area (Å²) in [4.78, 5) is 0. The van der Waals surface area contributed by atoms with E-state index in [-0.39, 0.29) is 25.8 Å². The van der Waals surface area contributed by atoms with Crippen LogP contribution in [0.15, 0.2) is 0 Å². The van der Waals surface area contributed by atoms with Crippen molar-refractivity contribution in [3.8, 4) is 0 Å². The van der Waals surface area contributed by atoms with Crippen molar-refractivity contribution in [3.05, 3.63) is 0 Å². The molecular weight excluding hydrogens is 518 g/mol. The van der Waals surface area contributed by atoms with Crippen LogP contribution in [0.3, 0.4) is 0 Å². The fourth-order valence-electron chi connectivity index (χ4n) is 0. The van der Waals surface area contributed by atoms with Gasteiger partial charge in [0.2, 0.25) is 0 Å². The summed E-state index contributed by atoms with van der Waals surface area (Å²) in [5.41, 5.74) is 0. The van der Waals surface area contributed by atoms with Gasteiger partial charge in [0.15, 0.2) is 0 Å². The van der Waals surface area contributed by atoms with Crippen molar-refractivity contribution in [2.75, 3.05) is 0 Å². The molecule has 0 saturated heterocycles. The van der Waals surface area contributed by atoms with Gasteiger partial charge in [0.25, 0.3) is 0 Å². The number of hydrogen-bond donors (Lipinski definition) is 2. The third-order valence-corrected chi connectivity index (χ3v) is 0.333. The third kappa shape index (κ3) is 373. The molecule has 162 valence electrons. The molecule has 0 amide bonds. The van der Waals surface area contributed by atoms with Crippen LogP contribution in [-0.2, 0) is 63.1 Å². The summed E-state index contributed by atoms with van der Waals surface area (Å²) in [6, 6.07) is 0. The molecule has 0 rings (SSSR count). The van der Waals surface area contributed by atoms with Crippen molar-refractivity contribution in [2.45, 2.75) is 14.9 Å². The Bertz CT molecular complexity index is 396. The molecule has 0 heterocycles. The Morgan fingerprint density at radius 2 is 0.808 bits per heavy atom. The molecule has 0 spiro atoms. The molecule has 26 heavy (non-hydrogen) atoms. The molecule has 18 nitrogen and oxygen atoms in total. The Morgan fingerprint density at radius 3 is 0.808 bits per heavy atom. The fraction of sp³-hybridized carbons (Fsp3) is 1.00. The summed E-state index contributed by atoms with van der Waals surface area (Å²) in [6.45, 7) is 0. The van der Waals surface area contributed by atoms with E-state index >= 15 is 0 Å². The van der Waals surface area contributed by atoms with E-state index in [1.807, 2.05) is 0 Å². The van der Waals surface area contributed by atoms with Crippen molar-refractivity contribution < 1.29 is 82.7 Å². The summed E-state index contributed by atoms with van der Waals surface area (Å²) < 4.78 is 106. The largest absolute Gasteiger partial charge is 0.457 e. The van der Waals surface area contributed by atoms with Crippen LogP contribution in [0.5, 0.6) is 0 Å². The van der Waals surface area contributed by atoms with E-state index in [4.69, 9.17) is 63.1 Å². The minimum atomic E-state index is -5.17. The second kappa shape index (κ2) is 38.6. The van der Waals surface area contributed by atoms with E-state index in [0.717, 1.165) is 0 Å². The quantitative estimate of drug-likeness (QED) is 0.0631. The molecule has 0 aromatic heterocycles. The Kier molecular flexibility index (Phi) is 84.3. The molecule has 0 radical (unpaired) electrons. The SMILES string of the molecule is C.C.O=S(=O)(O)O.O=S(=O)([O-])[O-].O=S([O-])O[O-].O=S([O-])O[O-].[K][K].[OH3+].[OH3+]. The van der Waals surface area contributed by atoms with E-state index in [2.05, 4.69) is 8.67 Å². The van der Waals surface area contributed by atoms with Gasteiger partial charge in [-0.15, -0.1) is 0 Å². The Labute approximate surface area is 199 Å². The van der Waals surface area contributed by atoms with Gasteiger partial charge in [0.1, 0.15) is 0 Å². The molecule has 0 aliphatic heterocycles. The number of rotatable bonds is 2. The third-order valence-electron chi connectivity index (χ3n) is 0.111. The normalized spacial score (nSPS) is 10.5. The zero-order chi connectivity index (χ0) is 19.6. The Morgan fingerprint density at radius 1 is 0.769 bits per heavy atom. The molecule has 0 fully saturated rings. The number of hydrogen-bond acceptors (Lipinski definition) is 14. The predicted octanol–water partition coefficient (Wildman–Crippen LogP) is -7.18. The van der Waals surface area contributed by atoms with Gasteiger partial charge >= 0.3 is 73.6 Å². The van der Waals surface area contributed by atoms with Gasteiger partial charge in [-0.05, 0) is 0 Å². The monoisotopic (exact) mass is 534 g/mol. The zero-order valence-corrected chi connectivity index (χ0v) is 20.9. The maximum atomic E-state index is 8.83. The summed E-state index contributed by atoms with van der Waals surface area (Å²) in [6.07, 6.45) is 0.